The van der Waals surface area contributed by atoms with Gasteiger partial charge in [0.2, 0.25) is 0 Å². The molecule has 0 aliphatic carbocycles. The molecule has 0 spiro atoms. The van der Waals surface area contributed by atoms with Crippen LogP contribution < -0.4 is 16.0 Å². The van der Waals surface area contributed by atoms with Gasteiger partial charge in [-0.05, 0) is 30.3 Å². The van der Waals surface area contributed by atoms with Gasteiger partial charge >= 0.3 is 5.69 Å². The van der Waals surface area contributed by atoms with E-state index < -0.39 is 17.1 Å². The fraction of sp³-hybridized carbons (Fsp3) is 0.0476. The third-order valence-electron chi connectivity index (χ3n) is 4.81. The summed E-state index contributed by atoms with van der Waals surface area (Å²) in [6.07, 6.45) is 4.61. The Morgan fingerprint density at radius 3 is 2.87 bits per heavy atom. The molecular formula is C21H12ClFN4O3S. The zero-order valence-electron chi connectivity index (χ0n) is 15.8. The first-order chi connectivity index (χ1) is 15.0. The van der Waals surface area contributed by atoms with Gasteiger partial charge in [0.1, 0.15) is 4.70 Å². The minimum Gasteiger partial charge on any atom is -0.494 e. The summed E-state index contributed by atoms with van der Waals surface area (Å²) < 4.78 is 20.3. The van der Waals surface area contributed by atoms with Crippen molar-refractivity contribution in [1.29, 1.82) is 0 Å². The van der Waals surface area contributed by atoms with E-state index in [1.54, 1.807) is 30.6 Å². The second-order valence-corrected chi connectivity index (χ2v) is 8.08. The van der Waals surface area contributed by atoms with Gasteiger partial charge in [0, 0.05) is 28.2 Å². The molecule has 7 nitrogen and oxygen atoms in total. The van der Waals surface area contributed by atoms with Crippen LogP contribution in [0.25, 0.3) is 37.2 Å². The number of aromatic nitrogens is 4. The molecule has 0 bridgehead atoms. The number of pyridine rings is 2. The lowest BCUT2D eigenvalue weighted by Gasteiger charge is -2.07. The topological polar surface area (TPSA) is 89.9 Å². The average molecular weight is 455 g/mol. The van der Waals surface area contributed by atoms with Crippen LogP contribution >= 0.6 is 22.9 Å². The van der Waals surface area contributed by atoms with Gasteiger partial charge in [-0.2, -0.15) is 0 Å². The van der Waals surface area contributed by atoms with Gasteiger partial charge in [-0.15, -0.1) is 11.3 Å². The maximum absolute atomic E-state index is 13.9. The molecule has 0 aliphatic rings. The SMILES string of the molecule is COc1cc(-c2cc3[nH]c(=O)n(-c4cncc5cccnc45)c(=O)c3s2)c(Cl)cc1F. The first-order valence-electron chi connectivity index (χ1n) is 8.99. The smallest absolute Gasteiger partial charge is 0.333 e. The molecule has 0 unspecified atom stereocenters. The highest BCUT2D eigenvalue weighted by atomic mass is 35.5. The zero-order valence-corrected chi connectivity index (χ0v) is 17.4. The fourth-order valence-corrected chi connectivity index (χ4v) is 4.76. The van der Waals surface area contributed by atoms with Crippen LogP contribution in [0.2, 0.25) is 5.02 Å². The number of nitrogens with one attached hydrogen (secondary N) is 1. The van der Waals surface area contributed by atoms with E-state index in [0.717, 1.165) is 22.0 Å². The summed E-state index contributed by atoms with van der Waals surface area (Å²) in [5, 5.41) is 0.860. The number of benzene rings is 1. The highest BCUT2D eigenvalue weighted by Crippen LogP contribution is 2.38. The van der Waals surface area contributed by atoms with Gasteiger partial charge in [-0.3, -0.25) is 14.8 Å². The lowest BCUT2D eigenvalue weighted by molar-refractivity contribution is 0.387. The Kier molecular flexibility index (Phi) is 4.57. The van der Waals surface area contributed by atoms with Crippen LogP contribution in [0.15, 0.2) is 58.5 Å². The Bertz CT molecular complexity index is 1600. The Hall–Kier alpha value is -3.56. The number of aromatic amines is 1. The van der Waals surface area contributed by atoms with Gasteiger partial charge < -0.3 is 9.72 Å². The van der Waals surface area contributed by atoms with Gasteiger partial charge in [0.15, 0.2) is 11.6 Å². The third kappa shape index (κ3) is 3.09. The molecule has 0 saturated heterocycles. The molecule has 5 rings (SSSR count). The van der Waals surface area contributed by atoms with Crippen LogP contribution in [0.3, 0.4) is 0 Å². The predicted molar refractivity (Wildman–Crippen MR) is 118 cm³/mol. The van der Waals surface area contributed by atoms with Crippen LogP contribution in [0, 0.1) is 5.82 Å². The van der Waals surface area contributed by atoms with E-state index in [1.165, 1.54) is 19.4 Å². The standard InChI is InChI=1S/C21H12ClFN4O3S/c1-30-16-5-11(12(22)6-13(16)23)17-7-14-19(31-17)20(28)27(21(29)26-14)15-9-24-8-10-3-2-4-25-18(10)15/h2-9H,1H3,(H,26,29). The van der Waals surface area contributed by atoms with Crippen molar-refractivity contribution in [2.45, 2.75) is 0 Å². The molecule has 1 aromatic carbocycles. The monoisotopic (exact) mass is 454 g/mol. The van der Waals surface area contributed by atoms with E-state index in [9.17, 15) is 14.0 Å². The van der Waals surface area contributed by atoms with Gasteiger partial charge in [0.25, 0.3) is 5.56 Å². The van der Waals surface area contributed by atoms with Crippen molar-refractivity contribution in [1.82, 2.24) is 19.5 Å². The predicted octanol–water partition coefficient (Wildman–Crippen LogP) is 4.15. The average Bonchev–Trinajstić information content (AvgIpc) is 3.18. The van der Waals surface area contributed by atoms with Crippen LogP contribution in [0.1, 0.15) is 0 Å². The molecule has 0 amide bonds. The maximum atomic E-state index is 13.9. The van der Waals surface area contributed by atoms with Crippen molar-refractivity contribution in [3.05, 3.63) is 80.6 Å². The van der Waals surface area contributed by atoms with E-state index in [0.29, 0.717) is 31.6 Å². The van der Waals surface area contributed by atoms with Crippen LogP contribution in [0.5, 0.6) is 5.75 Å². The Morgan fingerprint density at radius 1 is 1.23 bits per heavy atom. The minimum atomic E-state index is -0.621. The van der Waals surface area contributed by atoms with E-state index >= 15 is 0 Å². The molecule has 154 valence electrons. The molecular weight excluding hydrogens is 443 g/mol. The van der Waals surface area contributed by atoms with Crippen molar-refractivity contribution in [3.8, 4) is 21.9 Å². The molecule has 0 radical (unpaired) electrons. The van der Waals surface area contributed by atoms with Gasteiger partial charge in [-0.1, -0.05) is 11.6 Å². The van der Waals surface area contributed by atoms with Crippen molar-refractivity contribution >= 4 is 44.1 Å². The zero-order chi connectivity index (χ0) is 21.7. The molecule has 31 heavy (non-hydrogen) atoms. The summed E-state index contributed by atoms with van der Waals surface area (Å²) in [5.41, 5.74) is 0.466. The summed E-state index contributed by atoms with van der Waals surface area (Å²) in [4.78, 5) is 37.8. The van der Waals surface area contributed by atoms with Crippen LogP contribution in [-0.2, 0) is 0 Å². The summed E-state index contributed by atoms with van der Waals surface area (Å²) in [6, 6.07) is 7.78. The Morgan fingerprint density at radius 2 is 2.06 bits per heavy atom. The summed E-state index contributed by atoms with van der Waals surface area (Å²) >= 11 is 7.36. The number of hydrogen-bond acceptors (Lipinski definition) is 6. The van der Waals surface area contributed by atoms with Crippen molar-refractivity contribution in [2.75, 3.05) is 7.11 Å². The fourth-order valence-electron chi connectivity index (χ4n) is 3.38. The van der Waals surface area contributed by atoms with E-state index in [2.05, 4.69) is 15.0 Å². The molecule has 0 aliphatic heterocycles. The first kappa shape index (κ1) is 19.4. The van der Waals surface area contributed by atoms with E-state index in [-0.39, 0.29) is 16.5 Å². The third-order valence-corrected chi connectivity index (χ3v) is 6.28. The Balaban J connectivity index is 1.77. The Labute approximate surface area is 182 Å². The summed E-state index contributed by atoms with van der Waals surface area (Å²) in [6.45, 7) is 0. The molecule has 5 aromatic rings. The lowest BCUT2D eigenvalue weighted by atomic mass is 10.1. The van der Waals surface area contributed by atoms with Crippen molar-refractivity contribution in [3.63, 3.8) is 0 Å². The molecule has 4 aromatic heterocycles. The highest BCUT2D eigenvalue weighted by molar-refractivity contribution is 7.22. The molecule has 1 N–H and O–H groups in total. The lowest BCUT2D eigenvalue weighted by Crippen LogP contribution is -2.33. The number of H-pyrrole nitrogens is 1. The molecule has 0 fully saturated rings. The first-order valence-corrected chi connectivity index (χ1v) is 10.2. The number of hydrogen-bond donors (Lipinski definition) is 1. The van der Waals surface area contributed by atoms with Crippen molar-refractivity contribution in [2.24, 2.45) is 0 Å². The number of rotatable bonds is 3. The molecule has 0 saturated carbocycles. The number of fused-ring (bicyclic) bond motifs is 2. The number of halogens is 2. The van der Waals surface area contributed by atoms with Gasteiger partial charge in [0.05, 0.1) is 35.1 Å². The summed E-state index contributed by atoms with van der Waals surface area (Å²) in [7, 11) is 1.35. The quantitative estimate of drug-likeness (QED) is 0.442. The summed E-state index contributed by atoms with van der Waals surface area (Å²) in [5.74, 6) is -0.570. The minimum absolute atomic E-state index is 0.0238. The van der Waals surface area contributed by atoms with Gasteiger partial charge in [-0.25, -0.2) is 13.8 Å². The molecule has 10 heteroatoms. The highest BCUT2D eigenvalue weighted by Gasteiger charge is 2.18. The molecule has 0 atom stereocenters. The normalized spacial score (nSPS) is 11.3. The van der Waals surface area contributed by atoms with Crippen LogP contribution in [0.4, 0.5) is 4.39 Å². The number of methoxy groups -OCH3 is 1. The van der Waals surface area contributed by atoms with E-state index in [4.69, 9.17) is 16.3 Å². The number of ether oxygens (including phenoxy) is 1. The number of thiophene rings is 1. The van der Waals surface area contributed by atoms with Crippen molar-refractivity contribution < 1.29 is 9.13 Å². The van der Waals surface area contributed by atoms with Crippen LogP contribution in [-0.4, -0.2) is 26.6 Å². The largest absolute Gasteiger partial charge is 0.494 e. The second-order valence-electron chi connectivity index (χ2n) is 6.62. The second kappa shape index (κ2) is 7.29. The maximum Gasteiger partial charge on any atom is 0.333 e. The van der Waals surface area contributed by atoms with E-state index in [1.807, 2.05) is 0 Å². The number of nitrogens with zero attached hydrogens (tertiary/aromatic N) is 3. The molecule has 4 heterocycles.